The summed E-state index contributed by atoms with van der Waals surface area (Å²) < 4.78 is 5.16. The summed E-state index contributed by atoms with van der Waals surface area (Å²) in [4.78, 5) is 13.8. The highest BCUT2D eigenvalue weighted by Gasteiger charge is 2.20. The van der Waals surface area contributed by atoms with Crippen LogP contribution in [0.3, 0.4) is 0 Å². The number of amides is 1. The molecule has 0 aromatic heterocycles. The van der Waals surface area contributed by atoms with Gasteiger partial charge in [-0.3, -0.25) is 4.79 Å². The lowest BCUT2D eigenvalue weighted by Gasteiger charge is -2.28. The minimum Gasteiger partial charge on any atom is -0.497 e. The van der Waals surface area contributed by atoms with Crippen LogP contribution in [0.15, 0.2) is 54.6 Å². The number of carbonyl (C=O) groups excluding carboxylic acids is 1. The smallest absolute Gasteiger partial charge is 0.224 e. The zero-order valence-corrected chi connectivity index (χ0v) is 12.0. The lowest BCUT2D eigenvalue weighted by atomic mass is 10.1. The van der Waals surface area contributed by atoms with Gasteiger partial charge in [-0.15, -0.1) is 0 Å². The Balaban J connectivity index is 2.31. The van der Waals surface area contributed by atoms with E-state index in [4.69, 9.17) is 4.74 Å². The van der Waals surface area contributed by atoms with E-state index in [2.05, 4.69) is 0 Å². The summed E-state index contributed by atoms with van der Waals surface area (Å²) in [6, 6.07) is 17.5. The van der Waals surface area contributed by atoms with E-state index in [1.807, 2.05) is 61.5 Å². The van der Waals surface area contributed by atoms with E-state index < -0.39 is 0 Å². The van der Waals surface area contributed by atoms with Gasteiger partial charge in [-0.1, -0.05) is 30.3 Å². The maximum Gasteiger partial charge on any atom is 0.224 e. The predicted octanol–water partition coefficient (Wildman–Crippen LogP) is 3.81. The molecule has 3 heteroatoms. The van der Waals surface area contributed by atoms with Gasteiger partial charge in [0.1, 0.15) is 5.75 Å². The van der Waals surface area contributed by atoms with Crippen LogP contribution in [0.2, 0.25) is 0 Å². The van der Waals surface area contributed by atoms with Crippen molar-refractivity contribution in [2.24, 2.45) is 0 Å². The first kappa shape index (κ1) is 14.1. The fourth-order valence-corrected chi connectivity index (χ4v) is 2.30. The number of ether oxygens (including phenoxy) is 1. The van der Waals surface area contributed by atoms with Gasteiger partial charge in [-0.2, -0.15) is 0 Å². The summed E-state index contributed by atoms with van der Waals surface area (Å²) in [6.07, 6.45) is 0. The largest absolute Gasteiger partial charge is 0.497 e. The monoisotopic (exact) mass is 269 g/mol. The molecular formula is C17H19NO2. The van der Waals surface area contributed by atoms with Gasteiger partial charge < -0.3 is 9.64 Å². The number of hydrogen-bond acceptors (Lipinski definition) is 2. The van der Waals surface area contributed by atoms with E-state index in [0.29, 0.717) is 0 Å². The van der Waals surface area contributed by atoms with Crippen molar-refractivity contribution in [3.8, 4) is 5.75 Å². The fraction of sp³-hybridized carbons (Fsp3) is 0.235. The number of rotatable bonds is 4. The number of anilines is 1. The molecule has 2 aromatic carbocycles. The molecule has 104 valence electrons. The van der Waals surface area contributed by atoms with Crippen LogP contribution in [0.25, 0.3) is 0 Å². The molecule has 20 heavy (non-hydrogen) atoms. The zero-order chi connectivity index (χ0) is 14.5. The van der Waals surface area contributed by atoms with Crippen LogP contribution in [0.5, 0.6) is 5.75 Å². The average molecular weight is 269 g/mol. The summed E-state index contributed by atoms with van der Waals surface area (Å²) >= 11 is 0. The Morgan fingerprint density at radius 2 is 1.65 bits per heavy atom. The first-order valence-electron chi connectivity index (χ1n) is 6.62. The van der Waals surface area contributed by atoms with Crippen molar-refractivity contribution in [1.82, 2.24) is 0 Å². The van der Waals surface area contributed by atoms with Crippen LogP contribution >= 0.6 is 0 Å². The summed E-state index contributed by atoms with van der Waals surface area (Å²) in [5.41, 5.74) is 1.98. The molecule has 1 atom stereocenters. The van der Waals surface area contributed by atoms with Gasteiger partial charge in [0.05, 0.1) is 13.2 Å². The van der Waals surface area contributed by atoms with Gasteiger partial charge in [0.2, 0.25) is 5.91 Å². The van der Waals surface area contributed by atoms with Crippen LogP contribution < -0.4 is 9.64 Å². The second-order valence-electron chi connectivity index (χ2n) is 4.67. The zero-order valence-electron chi connectivity index (χ0n) is 12.0. The number of benzene rings is 2. The molecule has 0 aliphatic carbocycles. The SMILES string of the molecule is COc1ccc(C(C)N(C(C)=O)c2ccccc2)cc1. The summed E-state index contributed by atoms with van der Waals surface area (Å²) in [7, 11) is 1.64. The molecule has 0 saturated heterocycles. The molecule has 0 N–H and O–H groups in total. The van der Waals surface area contributed by atoms with Crippen molar-refractivity contribution < 1.29 is 9.53 Å². The van der Waals surface area contributed by atoms with Crippen LogP contribution in [0.4, 0.5) is 5.69 Å². The van der Waals surface area contributed by atoms with Crippen molar-refractivity contribution in [1.29, 1.82) is 0 Å². The predicted molar refractivity (Wildman–Crippen MR) is 81.0 cm³/mol. The Bertz CT molecular complexity index is 563. The van der Waals surface area contributed by atoms with Gasteiger partial charge in [-0.25, -0.2) is 0 Å². The normalized spacial score (nSPS) is 11.8. The second kappa shape index (κ2) is 6.24. The van der Waals surface area contributed by atoms with Gasteiger partial charge in [0.15, 0.2) is 0 Å². The van der Waals surface area contributed by atoms with E-state index in [9.17, 15) is 4.79 Å². The van der Waals surface area contributed by atoms with E-state index in [0.717, 1.165) is 17.0 Å². The molecule has 0 spiro atoms. The Hall–Kier alpha value is -2.29. The summed E-state index contributed by atoms with van der Waals surface area (Å²) in [5, 5.41) is 0. The molecule has 1 amide bonds. The number of carbonyl (C=O) groups is 1. The molecule has 2 aromatic rings. The van der Waals surface area contributed by atoms with Gasteiger partial charge in [-0.05, 0) is 36.8 Å². The molecular weight excluding hydrogens is 250 g/mol. The molecule has 3 nitrogen and oxygen atoms in total. The van der Waals surface area contributed by atoms with E-state index in [1.165, 1.54) is 0 Å². The van der Waals surface area contributed by atoms with Gasteiger partial charge >= 0.3 is 0 Å². The second-order valence-corrected chi connectivity index (χ2v) is 4.67. The number of methoxy groups -OCH3 is 1. The Kier molecular flexibility index (Phi) is 4.41. The van der Waals surface area contributed by atoms with Crippen LogP contribution in [-0.2, 0) is 4.79 Å². The van der Waals surface area contributed by atoms with Gasteiger partial charge in [0.25, 0.3) is 0 Å². The first-order valence-corrected chi connectivity index (χ1v) is 6.62. The third-order valence-corrected chi connectivity index (χ3v) is 3.36. The van der Waals surface area contributed by atoms with Crippen LogP contribution in [-0.4, -0.2) is 13.0 Å². The lowest BCUT2D eigenvalue weighted by Crippen LogP contribution is -2.31. The van der Waals surface area contributed by atoms with Gasteiger partial charge in [0, 0.05) is 12.6 Å². The minimum atomic E-state index is -0.0270. The van der Waals surface area contributed by atoms with Crippen molar-refractivity contribution in [2.75, 3.05) is 12.0 Å². The van der Waals surface area contributed by atoms with Crippen molar-refractivity contribution >= 4 is 11.6 Å². The third kappa shape index (κ3) is 2.99. The van der Waals surface area contributed by atoms with E-state index in [1.54, 1.807) is 18.9 Å². The quantitative estimate of drug-likeness (QED) is 0.844. The molecule has 0 fully saturated rings. The van der Waals surface area contributed by atoms with Crippen LogP contribution in [0.1, 0.15) is 25.5 Å². The first-order chi connectivity index (χ1) is 9.63. The molecule has 0 bridgehead atoms. The molecule has 0 aliphatic heterocycles. The summed E-state index contributed by atoms with van der Waals surface area (Å²) in [6.45, 7) is 3.61. The summed E-state index contributed by atoms with van der Waals surface area (Å²) in [5.74, 6) is 0.842. The molecule has 1 unspecified atom stereocenters. The van der Waals surface area contributed by atoms with E-state index in [-0.39, 0.29) is 11.9 Å². The highest BCUT2D eigenvalue weighted by molar-refractivity contribution is 5.92. The Morgan fingerprint density at radius 1 is 1.05 bits per heavy atom. The van der Waals surface area contributed by atoms with Crippen molar-refractivity contribution in [3.05, 3.63) is 60.2 Å². The highest BCUT2D eigenvalue weighted by atomic mass is 16.5. The molecule has 0 radical (unpaired) electrons. The molecule has 0 saturated carbocycles. The molecule has 0 heterocycles. The molecule has 0 aliphatic rings. The third-order valence-electron chi connectivity index (χ3n) is 3.36. The lowest BCUT2D eigenvalue weighted by molar-refractivity contribution is -0.117. The minimum absolute atomic E-state index is 0.0270. The van der Waals surface area contributed by atoms with Crippen molar-refractivity contribution in [2.45, 2.75) is 19.9 Å². The standard InChI is InChI=1S/C17H19NO2/c1-13(15-9-11-17(20-3)12-10-15)18(14(2)19)16-7-5-4-6-8-16/h4-13H,1-3H3. The maximum atomic E-state index is 12.0. The maximum absolute atomic E-state index is 12.0. The van der Waals surface area contributed by atoms with E-state index >= 15 is 0 Å². The van der Waals surface area contributed by atoms with Crippen LogP contribution in [0, 0.1) is 0 Å². The Labute approximate surface area is 119 Å². The highest BCUT2D eigenvalue weighted by Crippen LogP contribution is 2.28. The van der Waals surface area contributed by atoms with Crippen molar-refractivity contribution in [3.63, 3.8) is 0 Å². The average Bonchev–Trinajstić information content (AvgIpc) is 2.48. The molecule has 2 rings (SSSR count). The number of hydrogen-bond donors (Lipinski definition) is 0. The fourth-order valence-electron chi connectivity index (χ4n) is 2.30. The number of nitrogens with zero attached hydrogens (tertiary/aromatic N) is 1. The topological polar surface area (TPSA) is 29.5 Å². The number of para-hydroxylation sites is 1. The Morgan fingerprint density at radius 3 is 2.15 bits per heavy atom.